The molecule has 158 valence electrons. The lowest BCUT2D eigenvalue weighted by Crippen LogP contribution is -2.47. The summed E-state index contributed by atoms with van der Waals surface area (Å²) in [4.78, 5) is 16.2. The highest BCUT2D eigenvalue weighted by atomic mass is 35.5. The van der Waals surface area contributed by atoms with Crippen LogP contribution in [0.3, 0.4) is 0 Å². The van der Waals surface area contributed by atoms with Crippen LogP contribution in [-0.4, -0.2) is 43.5 Å². The highest BCUT2D eigenvalue weighted by molar-refractivity contribution is 6.30. The van der Waals surface area contributed by atoms with Crippen LogP contribution in [0.4, 0.5) is 5.69 Å². The number of hydrogen-bond donors (Lipinski definition) is 1. The van der Waals surface area contributed by atoms with Crippen molar-refractivity contribution in [1.82, 2.24) is 4.90 Å². The minimum absolute atomic E-state index is 0.198. The number of primary amides is 1. The Balaban J connectivity index is 1.39. The van der Waals surface area contributed by atoms with Gasteiger partial charge in [-0.1, -0.05) is 30.5 Å². The van der Waals surface area contributed by atoms with Gasteiger partial charge in [-0.2, -0.15) is 5.26 Å². The van der Waals surface area contributed by atoms with E-state index in [1.165, 1.54) is 30.5 Å². The normalized spacial score (nSPS) is 24.1. The van der Waals surface area contributed by atoms with E-state index < -0.39 is 0 Å². The van der Waals surface area contributed by atoms with E-state index in [0.717, 1.165) is 56.5 Å². The van der Waals surface area contributed by atoms with Crippen molar-refractivity contribution in [3.8, 4) is 6.07 Å². The summed E-state index contributed by atoms with van der Waals surface area (Å²) in [6.07, 6.45) is 5.89. The van der Waals surface area contributed by atoms with Gasteiger partial charge in [-0.05, 0) is 62.3 Å². The van der Waals surface area contributed by atoms with E-state index in [9.17, 15) is 10.1 Å². The van der Waals surface area contributed by atoms with Gasteiger partial charge in [-0.3, -0.25) is 9.69 Å². The van der Waals surface area contributed by atoms with Crippen LogP contribution in [0.1, 0.15) is 44.1 Å². The van der Waals surface area contributed by atoms with E-state index in [1.807, 2.05) is 6.07 Å². The second-order valence-corrected chi connectivity index (χ2v) is 9.17. The number of benzene rings is 1. The van der Waals surface area contributed by atoms with Crippen LogP contribution < -0.4 is 10.6 Å². The summed E-state index contributed by atoms with van der Waals surface area (Å²) in [5.41, 5.74) is 7.84. The highest BCUT2D eigenvalue weighted by Crippen LogP contribution is 2.36. The fourth-order valence-electron chi connectivity index (χ4n) is 4.91. The van der Waals surface area contributed by atoms with E-state index in [4.69, 9.17) is 17.3 Å². The number of piperazine rings is 1. The summed E-state index contributed by atoms with van der Waals surface area (Å²) in [5.74, 6) is 0.530. The topological polar surface area (TPSA) is 73.4 Å². The number of nitriles is 1. The van der Waals surface area contributed by atoms with Crippen LogP contribution in [0.25, 0.3) is 0 Å². The summed E-state index contributed by atoms with van der Waals surface area (Å²) >= 11 is 6.19. The van der Waals surface area contributed by atoms with Crippen LogP contribution in [-0.2, 0) is 4.79 Å². The minimum atomic E-state index is -0.356. The predicted octanol–water partition coefficient (Wildman–Crippen LogP) is 3.98. The highest BCUT2D eigenvalue weighted by Gasteiger charge is 2.29. The molecule has 0 bridgehead atoms. The van der Waals surface area contributed by atoms with Crippen LogP contribution in [0.2, 0.25) is 5.02 Å². The molecule has 2 aliphatic rings. The van der Waals surface area contributed by atoms with Gasteiger partial charge in [-0.25, -0.2) is 0 Å². The molecular formula is C23H33ClN4O. The largest absolute Gasteiger partial charge is 0.370 e. The van der Waals surface area contributed by atoms with Gasteiger partial charge < -0.3 is 10.6 Å². The number of carbonyl (C=O) groups is 1. The Morgan fingerprint density at radius 1 is 1.24 bits per heavy atom. The number of nitrogens with zero attached hydrogens (tertiary/aromatic N) is 3. The van der Waals surface area contributed by atoms with Crippen molar-refractivity contribution in [1.29, 1.82) is 5.26 Å². The molecule has 1 saturated heterocycles. The molecule has 29 heavy (non-hydrogen) atoms. The SMILES string of the molecule is Cc1ccc(Cl)cc1N1CCN(CCC2CCC(C(C#N)CC(N)=O)CC2)CC1. The first-order chi connectivity index (χ1) is 14.0. The summed E-state index contributed by atoms with van der Waals surface area (Å²) in [5, 5.41) is 10.1. The van der Waals surface area contributed by atoms with Crippen molar-refractivity contribution >= 4 is 23.2 Å². The van der Waals surface area contributed by atoms with E-state index in [0.29, 0.717) is 5.92 Å². The van der Waals surface area contributed by atoms with E-state index in [2.05, 4.69) is 34.9 Å². The van der Waals surface area contributed by atoms with Gasteiger partial charge in [0.1, 0.15) is 0 Å². The molecule has 1 aromatic rings. The maximum absolute atomic E-state index is 11.2. The van der Waals surface area contributed by atoms with Gasteiger partial charge in [0.25, 0.3) is 0 Å². The van der Waals surface area contributed by atoms with Crippen molar-refractivity contribution < 1.29 is 4.79 Å². The first-order valence-electron chi connectivity index (χ1n) is 10.9. The quantitative estimate of drug-likeness (QED) is 0.729. The number of nitrogens with two attached hydrogens (primary N) is 1. The van der Waals surface area contributed by atoms with Crippen molar-refractivity contribution in [2.24, 2.45) is 23.5 Å². The van der Waals surface area contributed by atoms with Gasteiger partial charge in [0.05, 0.1) is 12.0 Å². The average molecular weight is 417 g/mol. The number of hydrogen-bond acceptors (Lipinski definition) is 4. The maximum atomic E-state index is 11.2. The summed E-state index contributed by atoms with van der Waals surface area (Å²) < 4.78 is 0. The van der Waals surface area contributed by atoms with E-state index >= 15 is 0 Å². The lowest BCUT2D eigenvalue weighted by atomic mass is 9.74. The molecular weight excluding hydrogens is 384 g/mol. The van der Waals surface area contributed by atoms with Crippen LogP contribution >= 0.6 is 11.6 Å². The van der Waals surface area contributed by atoms with E-state index in [1.54, 1.807) is 0 Å². The summed E-state index contributed by atoms with van der Waals surface area (Å²) in [6, 6.07) is 8.44. The Hall–Kier alpha value is -1.77. The Kier molecular flexibility index (Phi) is 7.80. The Labute approximate surface area is 179 Å². The monoisotopic (exact) mass is 416 g/mol. The third-order valence-electron chi connectivity index (χ3n) is 6.79. The smallest absolute Gasteiger partial charge is 0.218 e. The first-order valence-corrected chi connectivity index (χ1v) is 11.3. The molecule has 1 aliphatic heterocycles. The molecule has 2 N–H and O–H groups in total. The molecule has 1 amide bonds. The number of halogens is 1. The van der Waals surface area contributed by atoms with Gasteiger partial charge in [-0.15, -0.1) is 0 Å². The zero-order chi connectivity index (χ0) is 20.8. The molecule has 2 fully saturated rings. The second-order valence-electron chi connectivity index (χ2n) is 8.74. The van der Waals surface area contributed by atoms with Crippen LogP contribution in [0, 0.1) is 36.0 Å². The lowest BCUT2D eigenvalue weighted by Gasteiger charge is -2.38. The van der Waals surface area contributed by atoms with Crippen LogP contribution in [0.15, 0.2) is 18.2 Å². The number of carbonyl (C=O) groups excluding carboxylic acids is 1. The molecule has 0 spiro atoms. The number of anilines is 1. The van der Waals surface area contributed by atoms with E-state index in [-0.39, 0.29) is 18.2 Å². The predicted molar refractivity (Wildman–Crippen MR) is 118 cm³/mol. The molecule has 6 heteroatoms. The molecule has 3 rings (SSSR count). The summed E-state index contributed by atoms with van der Waals surface area (Å²) in [7, 11) is 0. The summed E-state index contributed by atoms with van der Waals surface area (Å²) in [6.45, 7) is 7.58. The molecule has 0 aromatic heterocycles. The fraction of sp³-hybridized carbons (Fsp3) is 0.652. The molecule has 1 unspecified atom stereocenters. The lowest BCUT2D eigenvalue weighted by molar-refractivity contribution is -0.119. The van der Waals surface area contributed by atoms with Gasteiger partial charge in [0, 0.05) is 43.3 Å². The molecule has 1 aliphatic carbocycles. The van der Waals surface area contributed by atoms with Gasteiger partial charge >= 0.3 is 0 Å². The fourth-order valence-corrected chi connectivity index (χ4v) is 5.08. The Bertz CT molecular complexity index is 731. The third kappa shape index (κ3) is 6.10. The number of amides is 1. The zero-order valence-corrected chi connectivity index (χ0v) is 18.2. The molecule has 0 radical (unpaired) electrons. The zero-order valence-electron chi connectivity index (χ0n) is 17.4. The average Bonchev–Trinajstić information content (AvgIpc) is 2.73. The Morgan fingerprint density at radius 2 is 1.93 bits per heavy atom. The van der Waals surface area contributed by atoms with Crippen LogP contribution in [0.5, 0.6) is 0 Å². The van der Waals surface area contributed by atoms with Crippen molar-refractivity contribution in [3.63, 3.8) is 0 Å². The molecule has 1 heterocycles. The van der Waals surface area contributed by atoms with Crippen molar-refractivity contribution in [2.45, 2.75) is 45.4 Å². The molecule has 5 nitrogen and oxygen atoms in total. The number of aryl methyl sites for hydroxylation is 1. The third-order valence-corrected chi connectivity index (χ3v) is 7.02. The number of rotatable bonds is 7. The molecule has 1 aromatic carbocycles. The maximum Gasteiger partial charge on any atom is 0.218 e. The molecule has 1 atom stereocenters. The Morgan fingerprint density at radius 3 is 2.55 bits per heavy atom. The van der Waals surface area contributed by atoms with Gasteiger partial charge in [0.15, 0.2) is 0 Å². The van der Waals surface area contributed by atoms with Crippen molar-refractivity contribution in [2.75, 3.05) is 37.6 Å². The van der Waals surface area contributed by atoms with Crippen molar-refractivity contribution in [3.05, 3.63) is 28.8 Å². The standard InChI is InChI=1S/C23H33ClN4O/c1-17-2-7-21(24)15-22(17)28-12-10-27(11-13-28)9-8-18-3-5-19(6-4-18)20(16-25)14-23(26)29/h2,7,15,18-20H,3-6,8-14H2,1H3,(H2,26,29). The first kappa shape index (κ1) is 21.9. The molecule has 1 saturated carbocycles. The second kappa shape index (κ2) is 10.3. The minimum Gasteiger partial charge on any atom is -0.370 e. The van der Waals surface area contributed by atoms with Gasteiger partial charge in [0.2, 0.25) is 5.91 Å².